The summed E-state index contributed by atoms with van der Waals surface area (Å²) in [6.07, 6.45) is 3.93. The van der Waals surface area contributed by atoms with Gasteiger partial charge in [0, 0.05) is 18.1 Å². The smallest absolute Gasteiger partial charge is 0.327 e. The molecule has 37 heavy (non-hydrogen) atoms. The van der Waals surface area contributed by atoms with Gasteiger partial charge in [0.25, 0.3) is 10.0 Å². The molecule has 186 valence electrons. The Morgan fingerprint density at radius 3 is 2.38 bits per heavy atom. The summed E-state index contributed by atoms with van der Waals surface area (Å²) in [4.78, 5) is 17.6. The topological polar surface area (TPSA) is 93.1 Å². The zero-order valence-corrected chi connectivity index (χ0v) is 21.0. The Labute approximate surface area is 215 Å². The number of amides is 2. The maximum atomic E-state index is 13.0. The average Bonchev–Trinajstić information content (AvgIpc) is 3.38. The number of nitrogens with zero attached hydrogens (tertiary/aromatic N) is 2. The van der Waals surface area contributed by atoms with Gasteiger partial charge < -0.3 is 9.88 Å². The van der Waals surface area contributed by atoms with Gasteiger partial charge in [0.15, 0.2) is 0 Å². The second-order valence-electron chi connectivity index (χ2n) is 8.77. The SMILES string of the molecule is Cc1ccccc1S(=O)(=O)NC(=O)NC(Cc1ccccc1)c1nccn1-c1ccc2ccccc2c1. The van der Waals surface area contributed by atoms with Gasteiger partial charge in [-0.3, -0.25) is 0 Å². The predicted molar refractivity (Wildman–Crippen MR) is 144 cm³/mol. The summed E-state index contributed by atoms with van der Waals surface area (Å²) in [6.45, 7) is 1.69. The molecule has 0 saturated heterocycles. The molecule has 7 nitrogen and oxygen atoms in total. The first-order chi connectivity index (χ1) is 17.9. The molecule has 4 aromatic carbocycles. The first-order valence-electron chi connectivity index (χ1n) is 11.9. The average molecular weight is 511 g/mol. The Bertz CT molecular complexity index is 1660. The van der Waals surface area contributed by atoms with Gasteiger partial charge in [-0.1, -0.05) is 78.9 Å². The second-order valence-corrected chi connectivity index (χ2v) is 10.4. The van der Waals surface area contributed by atoms with Crippen molar-refractivity contribution in [1.82, 2.24) is 19.6 Å². The van der Waals surface area contributed by atoms with E-state index in [9.17, 15) is 13.2 Å². The summed E-state index contributed by atoms with van der Waals surface area (Å²) in [7, 11) is -4.05. The van der Waals surface area contributed by atoms with E-state index in [1.54, 1.807) is 31.3 Å². The van der Waals surface area contributed by atoms with E-state index in [1.807, 2.05) is 77.5 Å². The van der Waals surface area contributed by atoms with Crippen LogP contribution in [0.25, 0.3) is 16.5 Å². The van der Waals surface area contributed by atoms with Gasteiger partial charge in [-0.15, -0.1) is 0 Å². The van der Waals surface area contributed by atoms with E-state index in [2.05, 4.69) is 21.1 Å². The molecule has 1 atom stereocenters. The van der Waals surface area contributed by atoms with Crippen LogP contribution >= 0.6 is 0 Å². The lowest BCUT2D eigenvalue weighted by Crippen LogP contribution is -2.42. The van der Waals surface area contributed by atoms with E-state index < -0.39 is 22.1 Å². The minimum Gasteiger partial charge on any atom is -0.327 e. The zero-order chi connectivity index (χ0) is 25.8. The van der Waals surface area contributed by atoms with Crippen LogP contribution < -0.4 is 10.0 Å². The van der Waals surface area contributed by atoms with Crippen LogP contribution in [0.15, 0.2) is 114 Å². The Morgan fingerprint density at radius 1 is 0.892 bits per heavy atom. The number of hydrogen-bond donors (Lipinski definition) is 2. The molecule has 0 aliphatic heterocycles. The number of aryl methyl sites for hydroxylation is 1. The van der Waals surface area contributed by atoms with Crippen LogP contribution in [0.2, 0.25) is 0 Å². The van der Waals surface area contributed by atoms with E-state index in [1.165, 1.54) is 6.07 Å². The van der Waals surface area contributed by atoms with Gasteiger partial charge in [0.05, 0.1) is 10.9 Å². The number of nitrogens with one attached hydrogen (secondary N) is 2. The number of urea groups is 1. The number of sulfonamides is 1. The molecule has 0 aliphatic carbocycles. The monoisotopic (exact) mass is 510 g/mol. The van der Waals surface area contributed by atoms with Gasteiger partial charge in [-0.2, -0.15) is 0 Å². The fourth-order valence-electron chi connectivity index (χ4n) is 4.40. The van der Waals surface area contributed by atoms with Crippen LogP contribution in [0.1, 0.15) is 23.0 Å². The Morgan fingerprint density at radius 2 is 1.59 bits per heavy atom. The molecular weight excluding hydrogens is 484 g/mol. The molecule has 5 aromatic rings. The molecule has 2 N–H and O–H groups in total. The van der Waals surface area contributed by atoms with E-state index in [0.29, 0.717) is 17.8 Å². The number of rotatable bonds is 7. The molecule has 0 bridgehead atoms. The summed E-state index contributed by atoms with van der Waals surface area (Å²) >= 11 is 0. The van der Waals surface area contributed by atoms with Crippen molar-refractivity contribution >= 4 is 26.8 Å². The summed E-state index contributed by atoms with van der Waals surface area (Å²) in [6, 6.07) is 28.9. The van der Waals surface area contributed by atoms with Crippen molar-refractivity contribution in [3.8, 4) is 5.69 Å². The molecule has 0 aliphatic rings. The summed E-state index contributed by atoms with van der Waals surface area (Å²) in [5.41, 5.74) is 2.41. The Balaban J connectivity index is 1.47. The second kappa shape index (κ2) is 10.3. The normalized spacial score (nSPS) is 12.2. The number of hydrogen-bond acceptors (Lipinski definition) is 4. The van der Waals surface area contributed by atoms with Crippen molar-refractivity contribution in [2.75, 3.05) is 0 Å². The van der Waals surface area contributed by atoms with Gasteiger partial charge in [0.1, 0.15) is 5.82 Å². The molecule has 1 aromatic heterocycles. The van der Waals surface area contributed by atoms with E-state index >= 15 is 0 Å². The molecule has 1 heterocycles. The minimum atomic E-state index is -4.05. The lowest BCUT2D eigenvalue weighted by molar-refractivity contribution is 0.241. The van der Waals surface area contributed by atoms with E-state index in [0.717, 1.165) is 22.0 Å². The lowest BCUT2D eigenvalue weighted by Gasteiger charge is -2.21. The van der Waals surface area contributed by atoms with Crippen molar-refractivity contribution in [2.45, 2.75) is 24.3 Å². The summed E-state index contributed by atoms with van der Waals surface area (Å²) < 4.78 is 29.9. The predicted octanol–water partition coefficient (Wildman–Crippen LogP) is 5.31. The molecular formula is C29H26N4O3S. The fraction of sp³-hybridized carbons (Fsp3) is 0.103. The van der Waals surface area contributed by atoms with Crippen LogP contribution in [0.3, 0.4) is 0 Å². The maximum absolute atomic E-state index is 13.0. The molecule has 0 saturated carbocycles. The fourth-order valence-corrected chi connectivity index (χ4v) is 5.56. The van der Waals surface area contributed by atoms with Crippen LogP contribution in [-0.4, -0.2) is 24.0 Å². The van der Waals surface area contributed by atoms with Crippen molar-refractivity contribution in [1.29, 1.82) is 0 Å². The highest BCUT2D eigenvalue weighted by molar-refractivity contribution is 7.90. The third-order valence-electron chi connectivity index (χ3n) is 6.19. The Hall–Kier alpha value is -4.43. The number of aromatic nitrogens is 2. The third kappa shape index (κ3) is 5.39. The van der Waals surface area contributed by atoms with Crippen molar-refractivity contribution in [2.24, 2.45) is 0 Å². The van der Waals surface area contributed by atoms with Gasteiger partial charge in [-0.25, -0.2) is 22.9 Å². The molecule has 2 amide bonds. The zero-order valence-electron chi connectivity index (χ0n) is 20.2. The summed E-state index contributed by atoms with van der Waals surface area (Å²) in [5, 5.41) is 5.04. The van der Waals surface area contributed by atoms with Crippen LogP contribution in [0, 0.1) is 6.92 Å². The highest BCUT2D eigenvalue weighted by atomic mass is 32.2. The molecule has 1 unspecified atom stereocenters. The molecule has 0 spiro atoms. The van der Waals surface area contributed by atoms with Gasteiger partial charge in [-0.05, 0) is 53.4 Å². The quantitative estimate of drug-likeness (QED) is 0.311. The molecule has 5 rings (SSSR count). The number of carbonyl (C=O) groups is 1. The molecule has 8 heteroatoms. The van der Waals surface area contributed by atoms with Crippen LogP contribution in [-0.2, 0) is 16.4 Å². The van der Waals surface area contributed by atoms with Crippen molar-refractivity contribution in [3.63, 3.8) is 0 Å². The first kappa shape index (κ1) is 24.3. The summed E-state index contributed by atoms with van der Waals surface area (Å²) in [5.74, 6) is 0.586. The van der Waals surface area contributed by atoms with E-state index in [-0.39, 0.29) is 4.90 Å². The van der Waals surface area contributed by atoms with Gasteiger partial charge in [0.2, 0.25) is 0 Å². The highest BCUT2D eigenvalue weighted by Crippen LogP contribution is 2.24. The van der Waals surface area contributed by atoms with E-state index in [4.69, 9.17) is 0 Å². The highest BCUT2D eigenvalue weighted by Gasteiger charge is 2.25. The Kier molecular flexibility index (Phi) is 6.74. The number of fused-ring (bicyclic) bond motifs is 1. The number of carbonyl (C=O) groups excluding carboxylic acids is 1. The standard InChI is InChI=1S/C29H26N4O3S/c1-21-9-5-8-14-27(21)37(35,36)32-29(34)31-26(19-22-10-3-2-4-11-22)28-30-17-18-33(28)25-16-15-23-12-6-7-13-24(23)20-25/h2-18,20,26H,19H2,1H3,(H2,31,32,34). The third-order valence-corrected chi connectivity index (χ3v) is 7.68. The molecule has 0 radical (unpaired) electrons. The maximum Gasteiger partial charge on any atom is 0.329 e. The van der Waals surface area contributed by atoms with Gasteiger partial charge >= 0.3 is 6.03 Å². The largest absolute Gasteiger partial charge is 0.329 e. The first-order valence-corrected chi connectivity index (χ1v) is 13.3. The number of imidazole rings is 1. The minimum absolute atomic E-state index is 0.0578. The molecule has 0 fully saturated rings. The van der Waals surface area contributed by atoms with Crippen LogP contribution in [0.5, 0.6) is 0 Å². The van der Waals surface area contributed by atoms with Crippen molar-refractivity contribution < 1.29 is 13.2 Å². The van der Waals surface area contributed by atoms with Crippen LogP contribution in [0.4, 0.5) is 4.79 Å². The number of benzene rings is 4. The lowest BCUT2D eigenvalue weighted by atomic mass is 10.0. The van der Waals surface area contributed by atoms with Crippen molar-refractivity contribution in [3.05, 3.63) is 126 Å².